The Bertz CT molecular complexity index is 785. The molecule has 2 aromatic rings. The van der Waals surface area contributed by atoms with Crippen molar-refractivity contribution < 1.29 is 4.79 Å². The summed E-state index contributed by atoms with van der Waals surface area (Å²) in [5.41, 5.74) is 3.15. The number of carbonyl (C=O) groups is 1. The molecule has 0 saturated carbocycles. The first-order valence-electron chi connectivity index (χ1n) is 10.1. The monoisotopic (exact) mass is 374 g/mol. The summed E-state index contributed by atoms with van der Waals surface area (Å²) in [6.07, 6.45) is 9.24. The van der Waals surface area contributed by atoms with Gasteiger partial charge in [0.1, 0.15) is 0 Å². The number of unbranched alkanes of at least 4 members (excludes halogenated alkanes) is 4. The maximum Gasteiger partial charge on any atom is 0.193 e. The maximum atomic E-state index is 12.5. The zero-order valence-electron chi connectivity index (χ0n) is 16.9. The van der Waals surface area contributed by atoms with E-state index in [0.717, 1.165) is 19.5 Å². The van der Waals surface area contributed by atoms with Gasteiger partial charge in [-0.05, 0) is 62.7 Å². The van der Waals surface area contributed by atoms with Crippen LogP contribution in [0, 0.1) is 11.3 Å². The van der Waals surface area contributed by atoms with Gasteiger partial charge in [-0.1, -0.05) is 49.6 Å². The first-order chi connectivity index (χ1) is 13.6. The third-order valence-corrected chi connectivity index (χ3v) is 4.94. The second kappa shape index (κ2) is 11.9. The molecule has 0 amide bonds. The molecule has 0 radical (unpaired) electrons. The summed E-state index contributed by atoms with van der Waals surface area (Å²) in [7, 11) is 2.14. The van der Waals surface area contributed by atoms with Crippen LogP contribution in [-0.2, 0) is 6.42 Å². The van der Waals surface area contributed by atoms with Crippen LogP contribution in [0.4, 0.5) is 0 Å². The van der Waals surface area contributed by atoms with Crippen LogP contribution in [0.5, 0.6) is 0 Å². The average Bonchev–Trinajstić information content (AvgIpc) is 2.73. The van der Waals surface area contributed by atoms with Crippen molar-refractivity contribution in [2.24, 2.45) is 0 Å². The lowest BCUT2D eigenvalue weighted by Crippen LogP contribution is -2.19. The molecule has 3 heteroatoms. The predicted octanol–water partition coefficient (Wildman–Crippen LogP) is 5.40. The highest BCUT2D eigenvalue weighted by atomic mass is 16.1. The number of benzene rings is 2. The summed E-state index contributed by atoms with van der Waals surface area (Å²) in [5.74, 6) is -0.00235. The Labute approximate surface area is 169 Å². The van der Waals surface area contributed by atoms with Gasteiger partial charge in [-0.15, -0.1) is 6.58 Å². The van der Waals surface area contributed by atoms with Crippen LogP contribution in [0.1, 0.15) is 59.2 Å². The molecule has 2 rings (SSSR count). The highest BCUT2D eigenvalue weighted by Crippen LogP contribution is 2.14. The van der Waals surface area contributed by atoms with Gasteiger partial charge in [0.05, 0.1) is 11.6 Å². The Morgan fingerprint density at radius 1 is 0.964 bits per heavy atom. The van der Waals surface area contributed by atoms with Crippen molar-refractivity contribution in [2.75, 3.05) is 20.1 Å². The summed E-state index contributed by atoms with van der Waals surface area (Å²) < 4.78 is 0. The van der Waals surface area contributed by atoms with Crippen molar-refractivity contribution in [3.63, 3.8) is 0 Å². The molecule has 146 valence electrons. The van der Waals surface area contributed by atoms with Crippen molar-refractivity contribution in [1.29, 1.82) is 5.26 Å². The molecule has 28 heavy (non-hydrogen) atoms. The zero-order chi connectivity index (χ0) is 20.2. The van der Waals surface area contributed by atoms with Gasteiger partial charge in [0, 0.05) is 17.7 Å². The largest absolute Gasteiger partial charge is 0.303 e. The molecule has 0 bridgehead atoms. The lowest BCUT2D eigenvalue weighted by Gasteiger charge is -2.13. The van der Waals surface area contributed by atoms with E-state index in [1.807, 2.05) is 18.2 Å². The van der Waals surface area contributed by atoms with Crippen molar-refractivity contribution >= 4 is 5.78 Å². The smallest absolute Gasteiger partial charge is 0.193 e. The molecule has 3 nitrogen and oxygen atoms in total. The van der Waals surface area contributed by atoms with E-state index in [4.69, 9.17) is 5.26 Å². The number of rotatable bonds is 12. The average molecular weight is 375 g/mol. The standard InChI is InChI=1S/C25H30N2O/c1-3-18-27(2)19-8-6-4-5-7-9-21-10-14-23(15-11-21)25(28)24-16-12-22(20-26)13-17-24/h3,10-17H,1,4-9,18-19H2,2H3. The van der Waals surface area contributed by atoms with Crippen molar-refractivity contribution in [3.8, 4) is 6.07 Å². The second-order valence-corrected chi connectivity index (χ2v) is 7.28. The molecule has 0 aliphatic rings. The summed E-state index contributed by atoms with van der Waals surface area (Å²) >= 11 is 0. The van der Waals surface area contributed by atoms with Gasteiger partial charge in [0.25, 0.3) is 0 Å². The number of hydrogen-bond acceptors (Lipinski definition) is 3. The Morgan fingerprint density at radius 3 is 2.14 bits per heavy atom. The molecule has 0 aliphatic carbocycles. The van der Waals surface area contributed by atoms with Crippen LogP contribution in [0.25, 0.3) is 0 Å². The van der Waals surface area contributed by atoms with Crippen molar-refractivity contribution in [2.45, 2.75) is 38.5 Å². The predicted molar refractivity (Wildman–Crippen MR) is 116 cm³/mol. The molecule has 0 unspecified atom stereocenters. The van der Waals surface area contributed by atoms with E-state index in [2.05, 4.69) is 36.7 Å². The lowest BCUT2D eigenvalue weighted by atomic mass is 9.99. The second-order valence-electron chi connectivity index (χ2n) is 7.28. The highest BCUT2D eigenvalue weighted by Gasteiger charge is 2.09. The fourth-order valence-corrected chi connectivity index (χ4v) is 3.24. The minimum absolute atomic E-state index is 0.00235. The third kappa shape index (κ3) is 7.13. The molecular weight excluding hydrogens is 344 g/mol. The minimum Gasteiger partial charge on any atom is -0.303 e. The minimum atomic E-state index is -0.00235. The molecule has 0 spiro atoms. The van der Waals surface area contributed by atoms with Crippen molar-refractivity contribution in [1.82, 2.24) is 4.90 Å². The van der Waals surface area contributed by atoms with E-state index in [1.165, 1.54) is 37.7 Å². The van der Waals surface area contributed by atoms with Crippen LogP contribution < -0.4 is 0 Å². The summed E-state index contributed by atoms with van der Waals surface area (Å²) in [6.45, 7) is 5.87. The van der Waals surface area contributed by atoms with Gasteiger partial charge in [0.15, 0.2) is 5.78 Å². The van der Waals surface area contributed by atoms with Gasteiger partial charge in [-0.25, -0.2) is 0 Å². The number of carbonyl (C=O) groups excluding carboxylic acids is 1. The number of aryl methyl sites for hydroxylation is 1. The maximum absolute atomic E-state index is 12.5. The van der Waals surface area contributed by atoms with Gasteiger partial charge < -0.3 is 4.90 Å². The number of nitrogens with zero attached hydrogens (tertiary/aromatic N) is 2. The molecule has 0 heterocycles. The van der Waals surface area contributed by atoms with E-state index in [1.54, 1.807) is 24.3 Å². The molecule has 0 saturated heterocycles. The molecule has 0 fully saturated rings. The van der Waals surface area contributed by atoms with Gasteiger partial charge in [0.2, 0.25) is 0 Å². The Balaban J connectivity index is 1.70. The zero-order valence-corrected chi connectivity index (χ0v) is 16.9. The first-order valence-corrected chi connectivity index (χ1v) is 10.1. The van der Waals surface area contributed by atoms with Gasteiger partial charge in [-0.3, -0.25) is 4.79 Å². The first kappa shape index (κ1) is 21.6. The van der Waals surface area contributed by atoms with Crippen LogP contribution in [0.2, 0.25) is 0 Å². The van der Waals surface area contributed by atoms with E-state index in [0.29, 0.717) is 16.7 Å². The SMILES string of the molecule is C=CCN(C)CCCCCCCc1ccc(C(=O)c2ccc(C#N)cc2)cc1. The topological polar surface area (TPSA) is 44.1 Å². The van der Waals surface area contributed by atoms with Gasteiger partial charge in [-0.2, -0.15) is 5.26 Å². The van der Waals surface area contributed by atoms with Gasteiger partial charge >= 0.3 is 0 Å². The number of ketones is 1. The van der Waals surface area contributed by atoms with Crippen LogP contribution >= 0.6 is 0 Å². The Kier molecular flexibility index (Phi) is 9.18. The third-order valence-electron chi connectivity index (χ3n) is 4.94. The Hall–Kier alpha value is -2.70. The normalized spacial score (nSPS) is 10.6. The molecule has 0 N–H and O–H groups in total. The van der Waals surface area contributed by atoms with Crippen molar-refractivity contribution in [3.05, 3.63) is 83.4 Å². The summed E-state index contributed by atoms with van der Waals surface area (Å²) in [4.78, 5) is 14.8. The molecular formula is C25H30N2O. The fraction of sp³-hybridized carbons (Fsp3) is 0.360. The van der Waals surface area contributed by atoms with Crippen LogP contribution in [0.3, 0.4) is 0 Å². The van der Waals surface area contributed by atoms with E-state index >= 15 is 0 Å². The molecule has 0 aliphatic heterocycles. The quantitative estimate of drug-likeness (QED) is 0.284. The highest BCUT2D eigenvalue weighted by molar-refractivity contribution is 6.09. The molecule has 0 aromatic heterocycles. The van der Waals surface area contributed by atoms with Crippen LogP contribution in [0.15, 0.2) is 61.2 Å². The van der Waals surface area contributed by atoms with E-state index in [-0.39, 0.29) is 5.78 Å². The molecule has 2 aromatic carbocycles. The van der Waals surface area contributed by atoms with E-state index in [9.17, 15) is 4.79 Å². The summed E-state index contributed by atoms with van der Waals surface area (Å²) in [5, 5.41) is 8.85. The lowest BCUT2D eigenvalue weighted by molar-refractivity contribution is 0.103. The number of hydrogen-bond donors (Lipinski definition) is 0. The Morgan fingerprint density at radius 2 is 1.54 bits per heavy atom. The number of nitriles is 1. The summed E-state index contributed by atoms with van der Waals surface area (Å²) in [6, 6.07) is 16.8. The van der Waals surface area contributed by atoms with Crippen LogP contribution in [-0.4, -0.2) is 30.8 Å². The number of likely N-dealkylation sites (N-methyl/N-ethyl adjacent to an activating group) is 1. The van der Waals surface area contributed by atoms with E-state index < -0.39 is 0 Å². The fourth-order valence-electron chi connectivity index (χ4n) is 3.24. The molecule has 0 atom stereocenters.